The third kappa shape index (κ3) is 1.03. The first-order valence-electron chi connectivity index (χ1n) is 4.58. The molecule has 72 valence electrons. The highest BCUT2D eigenvalue weighted by Crippen LogP contribution is 2.25. The maximum Gasteiger partial charge on any atom is 0.188 e. The molecule has 0 spiro atoms. The molecule has 1 aliphatic carbocycles. The first kappa shape index (κ1) is 8.29. The lowest BCUT2D eigenvalue weighted by Gasteiger charge is -2.04. The molecule has 2 aliphatic rings. The lowest BCUT2D eigenvalue weighted by atomic mass is 10.0. The van der Waals surface area contributed by atoms with E-state index in [1.165, 1.54) is 6.08 Å². The van der Waals surface area contributed by atoms with Crippen LogP contribution < -0.4 is 10.6 Å². The number of fused-ring (bicyclic) bond motifs is 2. The van der Waals surface area contributed by atoms with Gasteiger partial charge in [0.1, 0.15) is 11.5 Å². The average molecular weight is 199 g/mol. The van der Waals surface area contributed by atoms with Crippen LogP contribution in [-0.2, 0) is 4.79 Å². The van der Waals surface area contributed by atoms with Gasteiger partial charge in [0.15, 0.2) is 5.78 Å². The van der Waals surface area contributed by atoms with Crippen LogP contribution >= 0.6 is 0 Å². The van der Waals surface area contributed by atoms with E-state index in [-0.39, 0.29) is 11.5 Å². The van der Waals surface area contributed by atoms with Crippen molar-refractivity contribution >= 4 is 11.4 Å². The predicted octanol–water partition coefficient (Wildman–Crippen LogP) is 0.790. The Bertz CT molecular complexity index is 652. The maximum absolute atomic E-state index is 13.4. The van der Waals surface area contributed by atoms with Gasteiger partial charge in [0.05, 0.1) is 10.9 Å². The van der Waals surface area contributed by atoms with Crippen molar-refractivity contribution in [2.24, 2.45) is 4.99 Å². The zero-order valence-electron chi connectivity index (χ0n) is 7.70. The lowest BCUT2D eigenvalue weighted by molar-refractivity contribution is -0.109. The Morgan fingerprint density at radius 1 is 1.13 bits per heavy atom. The molecule has 1 aromatic rings. The summed E-state index contributed by atoms with van der Waals surface area (Å²) in [5.74, 6) is -0.624. The van der Waals surface area contributed by atoms with Crippen molar-refractivity contribution in [3.05, 3.63) is 58.5 Å². The van der Waals surface area contributed by atoms with Gasteiger partial charge >= 0.3 is 0 Å². The summed E-state index contributed by atoms with van der Waals surface area (Å²) in [6, 6.07) is 7.18. The van der Waals surface area contributed by atoms with Gasteiger partial charge in [0.2, 0.25) is 0 Å². The van der Waals surface area contributed by atoms with Crippen molar-refractivity contribution < 1.29 is 9.18 Å². The van der Waals surface area contributed by atoms with Crippen molar-refractivity contribution in [1.29, 1.82) is 0 Å². The smallest absolute Gasteiger partial charge is 0.188 e. The molecule has 15 heavy (non-hydrogen) atoms. The molecule has 0 fully saturated rings. The first-order chi connectivity index (χ1) is 7.27. The van der Waals surface area contributed by atoms with Crippen LogP contribution in [-0.4, -0.2) is 5.78 Å². The highest BCUT2D eigenvalue weighted by Gasteiger charge is 2.24. The number of halogens is 1. The predicted molar refractivity (Wildman–Crippen MR) is 52.9 cm³/mol. The van der Waals surface area contributed by atoms with E-state index >= 15 is 0 Å². The summed E-state index contributed by atoms with van der Waals surface area (Å²) in [7, 11) is 0. The Balaban J connectivity index is 2.52. The molecule has 1 heterocycles. The molecule has 3 rings (SSSR count). The molecular formula is C12H6FNO. The standard InChI is InChI=1S/C12H6FNO/c13-8-5-6-10(15)11-7-3-1-2-4-9(7)14-12(8)11/h1-6H. The van der Waals surface area contributed by atoms with Gasteiger partial charge in [0, 0.05) is 5.22 Å². The molecule has 3 heteroatoms. The summed E-state index contributed by atoms with van der Waals surface area (Å²) >= 11 is 0. The summed E-state index contributed by atoms with van der Waals surface area (Å²) < 4.78 is 13.4. The number of carbonyl (C=O) groups is 1. The Morgan fingerprint density at radius 2 is 1.93 bits per heavy atom. The Kier molecular flexibility index (Phi) is 1.51. The number of hydrogen-bond donors (Lipinski definition) is 0. The van der Waals surface area contributed by atoms with Crippen LogP contribution in [0.5, 0.6) is 0 Å². The summed E-state index contributed by atoms with van der Waals surface area (Å²) in [6.07, 6.45) is 2.41. The van der Waals surface area contributed by atoms with Crippen molar-refractivity contribution in [3.63, 3.8) is 0 Å². The van der Waals surface area contributed by atoms with Crippen LogP contribution in [0.3, 0.4) is 0 Å². The number of allylic oxidation sites excluding steroid dienone is 4. The Hall–Kier alpha value is -2.03. The normalized spacial score (nSPS) is 17.7. The molecule has 1 aromatic carbocycles. The average Bonchev–Trinajstić information content (AvgIpc) is 2.64. The minimum atomic E-state index is -0.444. The van der Waals surface area contributed by atoms with Crippen LogP contribution in [0.4, 0.5) is 4.39 Å². The van der Waals surface area contributed by atoms with Crippen molar-refractivity contribution in [2.75, 3.05) is 0 Å². The van der Waals surface area contributed by atoms with Crippen molar-refractivity contribution in [1.82, 2.24) is 0 Å². The highest BCUT2D eigenvalue weighted by atomic mass is 19.1. The zero-order chi connectivity index (χ0) is 10.4. The largest absolute Gasteiger partial charge is 0.289 e. The molecule has 1 aliphatic heterocycles. The van der Waals surface area contributed by atoms with Gasteiger partial charge in [-0.25, -0.2) is 9.38 Å². The van der Waals surface area contributed by atoms with Crippen molar-refractivity contribution in [2.45, 2.75) is 0 Å². The zero-order valence-corrected chi connectivity index (χ0v) is 7.70. The van der Waals surface area contributed by atoms with E-state index in [2.05, 4.69) is 4.99 Å². The second-order valence-electron chi connectivity index (χ2n) is 3.40. The fourth-order valence-electron chi connectivity index (χ4n) is 1.82. The second-order valence-corrected chi connectivity index (χ2v) is 3.40. The number of benzene rings is 1. The fraction of sp³-hybridized carbons (Fsp3) is 0. The summed E-state index contributed by atoms with van der Waals surface area (Å²) in [6.45, 7) is 0. The number of nitrogens with zero attached hydrogens (tertiary/aromatic N) is 1. The molecule has 0 amide bonds. The summed E-state index contributed by atoms with van der Waals surface area (Å²) in [4.78, 5) is 15.7. The summed E-state index contributed by atoms with van der Waals surface area (Å²) in [5, 5.41) is 1.38. The van der Waals surface area contributed by atoms with Crippen LogP contribution in [0.1, 0.15) is 0 Å². The molecule has 0 aromatic heterocycles. The van der Waals surface area contributed by atoms with E-state index in [0.717, 1.165) is 11.3 Å². The minimum Gasteiger partial charge on any atom is -0.289 e. The minimum absolute atomic E-state index is 0.170. The lowest BCUT2D eigenvalue weighted by Crippen LogP contribution is -2.24. The molecule has 0 saturated heterocycles. The summed E-state index contributed by atoms with van der Waals surface area (Å²) in [5.41, 5.74) is 0.550. The van der Waals surface area contributed by atoms with Gasteiger partial charge in [-0.3, -0.25) is 4.79 Å². The Labute approximate surface area is 84.8 Å². The molecule has 0 bridgehead atoms. The second kappa shape index (κ2) is 2.73. The van der Waals surface area contributed by atoms with Crippen LogP contribution in [0.15, 0.2) is 52.9 Å². The van der Waals surface area contributed by atoms with E-state index in [9.17, 15) is 9.18 Å². The van der Waals surface area contributed by atoms with Crippen LogP contribution in [0.2, 0.25) is 0 Å². The quantitative estimate of drug-likeness (QED) is 0.607. The van der Waals surface area contributed by atoms with E-state index < -0.39 is 5.83 Å². The van der Waals surface area contributed by atoms with E-state index in [0.29, 0.717) is 10.9 Å². The van der Waals surface area contributed by atoms with Gasteiger partial charge in [-0.1, -0.05) is 18.2 Å². The number of ketones is 1. The van der Waals surface area contributed by atoms with Gasteiger partial charge in [-0.15, -0.1) is 0 Å². The molecule has 0 saturated carbocycles. The monoisotopic (exact) mass is 199 g/mol. The van der Waals surface area contributed by atoms with Gasteiger partial charge < -0.3 is 0 Å². The molecule has 0 radical (unpaired) electrons. The molecule has 2 nitrogen and oxygen atoms in total. The highest BCUT2D eigenvalue weighted by molar-refractivity contribution is 6.27. The van der Waals surface area contributed by atoms with Crippen LogP contribution in [0.25, 0.3) is 5.57 Å². The topological polar surface area (TPSA) is 29.4 Å². The molecule has 0 N–H and O–H groups in total. The van der Waals surface area contributed by atoms with Crippen LogP contribution in [0, 0.1) is 0 Å². The van der Waals surface area contributed by atoms with E-state index in [1.54, 1.807) is 12.1 Å². The maximum atomic E-state index is 13.4. The van der Waals surface area contributed by atoms with E-state index in [1.807, 2.05) is 12.1 Å². The number of rotatable bonds is 0. The first-order valence-corrected chi connectivity index (χ1v) is 4.58. The SMILES string of the molecule is O=C1C=CC(F)=C2N=c3ccccc3=C12. The number of carbonyl (C=O) groups excluding carboxylic acids is 1. The fourth-order valence-corrected chi connectivity index (χ4v) is 1.82. The van der Waals surface area contributed by atoms with Crippen molar-refractivity contribution in [3.8, 4) is 0 Å². The number of para-hydroxylation sites is 1. The third-order valence-corrected chi connectivity index (χ3v) is 2.50. The molecular weight excluding hydrogens is 193 g/mol. The van der Waals surface area contributed by atoms with Gasteiger partial charge in [-0.05, 0) is 18.2 Å². The van der Waals surface area contributed by atoms with Gasteiger partial charge in [-0.2, -0.15) is 0 Å². The third-order valence-electron chi connectivity index (χ3n) is 2.50. The Morgan fingerprint density at radius 3 is 2.80 bits per heavy atom. The molecule has 0 atom stereocenters. The number of hydrogen-bond acceptors (Lipinski definition) is 2. The molecule has 0 unspecified atom stereocenters. The van der Waals surface area contributed by atoms with Gasteiger partial charge in [0.25, 0.3) is 0 Å². The van der Waals surface area contributed by atoms with E-state index in [4.69, 9.17) is 0 Å².